The van der Waals surface area contributed by atoms with Gasteiger partial charge in [0, 0.05) is 9.79 Å². The highest BCUT2D eigenvalue weighted by atomic mass is 32.2. The van der Waals surface area contributed by atoms with E-state index in [-0.39, 0.29) is 0 Å². The summed E-state index contributed by atoms with van der Waals surface area (Å²) in [7, 11) is 0. The van der Waals surface area contributed by atoms with Crippen LogP contribution in [0.25, 0.3) is 0 Å². The van der Waals surface area contributed by atoms with Crippen LogP contribution in [0.4, 0.5) is 0 Å². The number of benzene rings is 2. The third-order valence-electron chi connectivity index (χ3n) is 2.76. The van der Waals surface area contributed by atoms with Crippen LogP contribution in [-0.4, -0.2) is 17.4 Å². The molecule has 1 amide bonds. The molecule has 20 heavy (non-hydrogen) atoms. The molecule has 2 aromatic rings. The zero-order chi connectivity index (χ0) is 14.4. The third-order valence-corrected chi connectivity index (χ3v) is 4.77. The van der Waals surface area contributed by atoms with E-state index >= 15 is 0 Å². The highest BCUT2D eigenvalue weighted by molar-refractivity contribution is 8.00. The zero-order valence-corrected chi connectivity index (χ0v) is 12.6. The molecule has 0 spiro atoms. The second kappa shape index (κ2) is 7.38. The molecule has 0 aliphatic heterocycles. The van der Waals surface area contributed by atoms with Gasteiger partial charge in [0.2, 0.25) is 0 Å². The Hall–Kier alpha value is -1.43. The summed E-state index contributed by atoms with van der Waals surface area (Å²) >= 11 is 3.09. The molecule has 0 saturated carbocycles. The minimum absolute atomic E-state index is 0.421. The fraction of sp³-hybridized carbons (Fsp3) is 0.133. The quantitative estimate of drug-likeness (QED) is 0.502. The van der Waals surface area contributed by atoms with Crippen LogP contribution in [-0.2, 0) is 4.79 Å². The van der Waals surface area contributed by atoms with Gasteiger partial charge in [-0.2, -0.15) is 0 Å². The molecular formula is C15H15NO2S2. The van der Waals surface area contributed by atoms with Crippen LogP contribution in [0.3, 0.4) is 0 Å². The van der Waals surface area contributed by atoms with E-state index in [4.69, 9.17) is 5.21 Å². The molecule has 0 fully saturated rings. The predicted octanol–water partition coefficient (Wildman–Crippen LogP) is 3.75. The van der Waals surface area contributed by atoms with Crippen LogP contribution in [0.5, 0.6) is 0 Å². The van der Waals surface area contributed by atoms with Crippen molar-refractivity contribution in [1.82, 2.24) is 5.48 Å². The first-order valence-electron chi connectivity index (χ1n) is 6.04. The van der Waals surface area contributed by atoms with Crippen LogP contribution in [0, 0.1) is 0 Å². The van der Waals surface area contributed by atoms with Crippen LogP contribution in [0.1, 0.15) is 10.8 Å². The Morgan fingerprint density at radius 2 is 1.65 bits per heavy atom. The van der Waals surface area contributed by atoms with E-state index in [0.29, 0.717) is 0 Å². The third kappa shape index (κ3) is 3.79. The smallest absolute Gasteiger partial charge is 0.261 e. The van der Waals surface area contributed by atoms with Gasteiger partial charge in [-0.25, -0.2) is 5.48 Å². The Balaban J connectivity index is 2.21. The van der Waals surface area contributed by atoms with E-state index in [9.17, 15) is 4.79 Å². The van der Waals surface area contributed by atoms with Crippen LogP contribution in [0.15, 0.2) is 64.4 Å². The van der Waals surface area contributed by atoms with Crippen LogP contribution < -0.4 is 5.48 Å². The summed E-state index contributed by atoms with van der Waals surface area (Å²) in [5, 5.41) is 8.44. The summed E-state index contributed by atoms with van der Waals surface area (Å²) in [4.78, 5) is 14.0. The molecule has 0 bridgehead atoms. The average molecular weight is 305 g/mol. The molecule has 1 atom stereocenters. The normalized spacial score (nSPS) is 11.9. The molecule has 104 valence electrons. The monoisotopic (exact) mass is 305 g/mol. The molecule has 0 aliphatic rings. The Kier molecular flexibility index (Phi) is 5.52. The van der Waals surface area contributed by atoms with E-state index < -0.39 is 11.2 Å². The second-order valence-corrected chi connectivity index (χ2v) is 6.12. The van der Waals surface area contributed by atoms with Gasteiger partial charge >= 0.3 is 0 Å². The van der Waals surface area contributed by atoms with Crippen molar-refractivity contribution in [2.24, 2.45) is 0 Å². The molecular weight excluding hydrogens is 290 g/mol. The number of hydrogen-bond acceptors (Lipinski definition) is 4. The molecule has 0 radical (unpaired) electrons. The van der Waals surface area contributed by atoms with Crippen molar-refractivity contribution in [3.63, 3.8) is 0 Å². The van der Waals surface area contributed by atoms with Crippen molar-refractivity contribution in [2.45, 2.75) is 15.0 Å². The summed E-state index contributed by atoms with van der Waals surface area (Å²) in [5.74, 6) is -0.421. The molecule has 3 nitrogen and oxygen atoms in total. The summed E-state index contributed by atoms with van der Waals surface area (Å²) in [6, 6.07) is 17.4. The minimum Gasteiger partial charge on any atom is -0.289 e. The molecule has 5 heteroatoms. The van der Waals surface area contributed by atoms with Gasteiger partial charge in [-0.3, -0.25) is 10.0 Å². The number of nitrogens with one attached hydrogen (secondary N) is 1. The number of amides is 1. The van der Waals surface area contributed by atoms with Gasteiger partial charge in [0.15, 0.2) is 0 Å². The van der Waals surface area contributed by atoms with Crippen LogP contribution in [0.2, 0.25) is 0 Å². The number of hydroxylamine groups is 1. The first-order chi connectivity index (χ1) is 9.74. The molecule has 2 aromatic carbocycles. The topological polar surface area (TPSA) is 49.3 Å². The largest absolute Gasteiger partial charge is 0.289 e. The lowest BCUT2D eigenvalue weighted by Gasteiger charge is -2.15. The number of carbonyl (C=O) groups excluding carboxylic acids is 1. The average Bonchev–Trinajstić information content (AvgIpc) is 2.53. The Labute approximate surface area is 126 Å². The number of thioether (sulfide) groups is 2. The van der Waals surface area contributed by atoms with Gasteiger partial charge in [-0.05, 0) is 36.1 Å². The number of carbonyl (C=O) groups is 1. The summed E-state index contributed by atoms with van der Waals surface area (Å²) in [5.41, 5.74) is 2.60. The molecule has 2 N–H and O–H groups in total. The van der Waals surface area contributed by atoms with E-state index in [0.717, 1.165) is 10.5 Å². The number of rotatable bonds is 5. The summed E-state index contributed by atoms with van der Waals surface area (Å²) in [6.45, 7) is 0. The van der Waals surface area contributed by atoms with Gasteiger partial charge < -0.3 is 0 Å². The second-order valence-electron chi connectivity index (χ2n) is 4.06. The Morgan fingerprint density at radius 3 is 2.20 bits per heavy atom. The Bertz CT molecular complexity index is 558. The molecule has 0 saturated heterocycles. The van der Waals surface area contributed by atoms with Crippen molar-refractivity contribution in [1.29, 1.82) is 0 Å². The number of hydrogen-bond donors (Lipinski definition) is 2. The zero-order valence-electron chi connectivity index (χ0n) is 10.9. The standard InChI is InChI=1S/C15H15NO2S2/c1-19-12-7-9-13(10-8-12)20-14(15(17)16-18)11-5-3-2-4-6-11/h2-10,14,18H,1H3,(H,16,17). The lowest BCUT2D eigenvalue weighted by atomic mass is 10.1. The van der Waals surface area contributed by atoms with Gasteiger partial charge in [-0.15, -0.1) is 23.5 Å². The van der Waals surface area contributed by atoms with E-state index in [2.05, 4.69) is 0 Å². The minimum atomic E-state index is -0.471. The summed E-state index contributed by atoms with van der Waals surface area (Å²) < 4.78 is 0. The Morgan fingerprint density at radius 1 is 1.05 bits per heavy atom. The first-order valence-corrected chi connectivity index (χ1v) is 8.14. The highest BCUT2D eigenvalue weighted by Crippen LogP contribution is 2.35. The van der Waals surface area contributed by atoms with Crippen molar-refractivity contribution >= 4 is 29.4 Å². The SMILES string of the molecule is CSc1ccc(SC(C(=O)NO)c2ccccc2)cc1. The highest BCUT2D eigenvalue weighted by Gasteiger charge is 2.21. The molecule has 0 aromatic heterocycles. The van der Waals surface area contributed by atoms with Gasteiger partial charge in [-0.1, -0.05) is 30.3 Å². The fourth-order valence-corrected chi connectivity index (χ4v) is 3.18. The molecule has 1 unspecified atom stereocenters. The van der Waals surface area contributed by atoms with E-state index in [1.54, 1.807) is 17.2 Å². The maximum Gasteiger partial charge on any atom is 0.261 e. The fourth-order valence-electron chi connectivity index (χ4n) is 1.75. The van der Waals surface area contributed by atoms with Crippen molar-refractivity contribution < 1.29 is 10.0 Å². The predicted molar refractivity (Wildman–Crippen MR) is 83.2 cm³/mol. The first kappa shape index (κ1) is 15.0. The van der Waals surface area contributed by atoms with Crippen LogP contribution >= 0.6 is 23.5 Å². The summed E-state index contributed by atoms with van der Waals surface area (Å²) in [6.07, 6.45) is 2.02. The lowest BCUT2D eigenvalue weighted by Crippen LogP contribution is -2.24. The maximum absolute atomic E-state index is 11.9. The van der Waals surface area contributed by atoms with E-state index in [1.807, 2.05) is 60.9 Å². The maximum atomic E-state index is 11.9. The van der Waals surface area contributed by atoms with Gasteiger partial charge in [0.25, 0.3) is 5.91 Å². The molecule has 0 heterocycles. The van der Waals surface area contributed by atoms with Gasteiger partial charge in [0.1, 0.15) is 5.25 Å². The lowest BCUT2D eigenvalue weighted by molar-refractivity contribution is -0.128. The van der Waals surface area contributed by atoms with E-state index in [1.165, 1.54) is 16.7 Å². The van der Waals surface area contributed by atoms with Crippen molar-refractivity contribution in [3.8, 4) is 0 Å². The van der Waals surface area contributed by atoms with Gasteiger partial charge in [0.05, 0.1) is 0 Å². The van der Waals surface area contributed by atoms with Crippen molar-refractivity contribution in [3.05, 3.63) is 60.2 Å². The molecule has 2 rings (SSSR count). The van der Waals surface area contributed by atoms with Crippen molar-refractivity contribution in [2.75, 3.05) is 6.26 Å². The molecule has 0 aliphatic carbocycles.